The van der Waals surface area contributed by atoms with Crippen molar-refractivity contribution in [3.05, 3.63) is 78.0 Å². The van der Waals surface area contributed by atoms with Crippen LogP contribution in [0.4, 0.5) is 17.6 Å². The number of nitriles is 1. The molecule has 0 saturated carbocycles. The molecule has 1 aliphatic heterocycles. The molecule has 0 bridgehead atoms. The molecule has 37 heavy (non-hydrogen) atoms. The fraction of sp³-hybridized carbons (Fsp3) is 0.250. The molecule has 0 spiro atoms. The molecule has 13 heteroatoms. The topological polar surface area (TPSA) is 116 Å². The predicted molar refractivity (Wildman–Crippen MR) is 122 cm³/mol. The molecule has 1 amide bonds. The van der Waals surface area contributed by atoms with Crippen molar-refractivity contribution in [1.82, 2.24) is 19.6 Å². The number of rotatable bonds is 6. The Morgan fingerprint density at radius 2 is 1.78 bits per heavy atom. The van der Waals surface area contributed by atoms with Gasteiger partial charge in [0.15, 0.2) is 0 Å². The van der Waals surface area contributed by atoms with Crippen LogP contribution in [0.2, 0.25) is 0 Å². The van der Waals surface area contributed by atoms with Gasteiger partial charge in [0.2, 0.25) is 15.9 Å². The van der Waals surface area contributed by atoms with E-state index < -0.39 is 45.4 Å². The van der Waals surface area contributed by atoms with E-state index in [4.69, 9.17) is 0 Å². The van der Waals surface area contributed by atoms with E-state index in [1.165, 1.54) is 24.5 Å². The van der Waals surface area contributed by atoms with Crippen LogP contribution >= 0.6 is 0 Å². The lowest BCUT2D eigenvalue weighted by Crippen LogP contribution is -2.45. The fourth-order valence-electron chi connectivity index (χ4n) is 3.92. The minimum absolute atomic E-state index is 0.0245. The van der Waals surface area contributed by atoms with Gasteiger partial charge >= 0.3 is 6.18 Å². The van der Waals surface area contributed by atoms with Gasteiger partial charge in [-0.25, -0.2) is 22.8 Å². The second-order valence-electron chi connectivity index (χ2n) is 8.29. The van der Waals surface area contributed by atoms with Crippen molar-refractivity contribution in [2.24, 2.45) is 5.92 Å². The molecule has 2 aromatic carbocycles. The number of halogens is 4. The van der Waals surface area contributed by atoms with E-state index in [2.05, 4.69) is 15.3 Å². The third kappa shape index (κ3) is 5.76. The SMILES string of the molecule is N#CC1C[C@@H](C(=O)NCc2cc(-c3ccc(C(F)(F)F)cc3)ncn2)N(S(=O)(=O)c2ccc(F)cc2)C1. The Bertz CT molecular complexity index is 1440. The van der Waals surface area contributed by atoms with Crippen molar-refractivity contribution in [2.75, 3.05) is 6.54 Å². The lowest BCUT2D eigenvalue weighted by molar-refractivity contribution is -0.137. The number of aromatic nitrogens is 2. The van der Waals surface area contributed by atoms with Crippen molar-refractivity contribution in [2.45, 2.75) is 30.1 Å². The third-order valence-electron chi connectivity index (χ3n) is 5.84. The summed E-state index contributed by atoms with van der Waals surface area (Å²) in [5.74, 6) is -1.99. The van der Waals surface area contributed by atoms with Crippen LogP contribution in [0.15, 0.2) is 65.8 Å². The normalized spacial score (nSPS) is 18.4. The molecule has 1 aliphatic rings. The van der Waals surface area contributed by atoms with Gasteiger partial charge in [-0.1, -0.05) is 12.1 Å². The average molecular weight is 534 g/mol. The number of sulfonamides is 1. The van der Waals surface area contributed by atoms with Gasteiger partial charge in [0.05, 0.1) is 40.4 Å². The summed E-state index contributed by atoms with van der Waals surface area (Å²) in [5, 5.41) is 11.9. The lowest BCUT2D eigenvalue weighted by atomic mass is 10.1. The van der Waals surface area contributed by atoms with Gasteiger partial charge in [-0.2, -0.15) is 22.7 Å². The highest BCUT2D eigenvalue weighted by molar-refractivity contribution is 7.89. The van der Waals surface area contributed by atoms with E-state index in [1.807, 2.05) is 6.07 Å². The molecule has 2 heterocycles. The summed E-state index contributed by atoms with van der Waals surface area (Å²) >= 11 is 0. The van der Waals surface area contributed by atoms with Gasteiger partial charge < -0.3 is 5.32 Å². The number of alkyl halides is 3. The Hall–Kier alpha value is -3.89. The summed E-state index contributed by atoms with van der Waals surface area (Å²) in [6.45, 7) is -0.312. The van der Waals surface area contributed by atoms with E-state index in [9.17, 15) is 36.0 Å². The summed E-state index contributed by atoms with van der Waals surface area (Å²) in [4.78, 5) is 20.9. The maximum atomic E-state index is 13.3. The standard InChI is InChI=1S/C24H19F4N5O3S/c25-18-5-7-20(8-6-18)37(35,36)33-13-15(11-29)9-22(33)23(34)30-12-19-10-21(32-14-31-19)16-1-3-17(4-2-16)24(26,27)28/h1-8,10,14-15,22H,9,12-13H2,(H,30,34)/t15?,22-/m0/s1. The van der Waals surface area contributed by atoms with Crippen LogP contribution in [0, 0.1) is 23.1 Å². The van der Waals surface area contributed by atoms with Crippen LogP contribution in [0.3, 0.4) is 0 Å². The van der Waals surface area contributed by atoms with Gasteiger partial charge in [0.1, 0.15) is 18.2 Å². The van der Waals surface area contributed by atoms with Crippen molar-refractivity contribution in [3.8, 4) is 17.3 Å². The van der Waals surface area contributed by atoms with Gasteiger partial charge in [-0.15, -0.1) is 0 Å². The van der Waals surface area contributed by atoms with Crippen molar-refractivity contribution in [1.29, 1.82) is 5.26 Å². The molecule has 0 radical (unpaired) electrons. The first kappa shape index (κ1) is 26.2. The Morgan fingerprint density at radius 3 is 2.41 bits per heavy atom. The molecule has 1 N–H and O–H groups in total. The number of hydrogen-bond donors (Lipinski definition) is 1. The minimum Gasteiger partial charge on any atom is -0.349 e. The zero-order valence-corrected chi connectivity index (χ0v) is 19.8. The van der Waals surface area contributed by atoms with E-state index in [1.54, 1.807) is 0 Å². The largest absolute Gasteiger partial charge is 0.416 e. The van der Waals surface area contributed by atoms with Crippen LogP contribution in [-0.4, -0.2) is 41.2 Å². The molecule has 2 atom stereocenters. The number of carbonyl (C=O) groups is 1. The van der Waals surface area contributed by atoms with E-state index >= 15 is 0 Å². The molecule has 4 rings (SSSR count). The maximum Gasteiger partial charge on any atom is 0.416 e. The van der Waals surface area contributed by atoms with E-state index in [0.717, 1.165) is 40.7 Å². The first-order chi connectivity index (χ1) is 17.5. The number of nitrogens with zero attached hydrogens (tertiary/aromatic N) is 4. The molecule has 0 aliphatic carbocycles. The molecule has 1 saturated heterocycles. The van der Waals surface area contributed by atoms with Gasteiger partial charge in [0.25, 0.3) is 0 Å². The van der Waals surface area contributed by atoms with E-state index in [-0.39, 0.29) is 24.4 Å². The molecular weight excluding hydrogens is 514 g/mol. The van der Waals surface area contributed by atoms with Gasteiger partial charge in [0, 0.05) is 12.1 Å². The summed E-state index contributed by atoms with van der Waals surface area (Å²) in [6, 6.07) is 10.9. The summed E-state index contributed by atoms with van der Waals surface area (Å²) < 4.78 is 78.8. The van der Waals surface area contributed by atoms with Crippen LogP contribution in [-0.2, 0) is 27.5 Å². The average Bonchev–Trinajstić information content (AvgIpc) is 3.33. The van der Waals surface area contributed by atoms with Crippen molar-refractivity contribution < 1.29 is 30.8 Å². The highest BCUT2D eigenvalue weighted by atomic mass is 32.2. The smallest absolute Gasteiger partial charge is 0.349 e. The molecule has 1 fully saturated rings. The first-order valence-corrected chi connectivity index (χ1v) is 12.4. The highest BCUT2D eigenvalue weighted by Crippen LogP contribution is 2.31. The monoisotopic (exact) mass is 533 g/mol. The Kier molecular flexibility index (Phi) is 7.24. The summed E-state index contributed by atoms with van der Waals surface area (Å²) in [5.41, 5.74) is 0.275. The Balaban J connectivity index is 1.49. The molecule has 1 unspecified atom stereocenters. The predicted octanol–water partition coefficient (Wildman–Crippen LogP) is 3.52. The van der Waals surface area contributed by atoms with E-state index in [0.29, 0.717) is 17.0 Å². The van der Waals surface area contributed by atoms with Crippen LogP contribution in [0.25, 0.3) is 11.3 Å². The van der Waals surface area contributed by atoms with Gasteiger partial charge in [-0.05, 0) is 48.9 Å². The molecule has 8 nitrogen and oxygen atoms in total. The Labute approximate surface area is 209 Å². The quantitative estimate of drug-likeness (QED) is 0.485. The number of carbonyl (C=O) groups excluding carboxylic acids is 1. The van der Waals surface area contributed by atoms with Crippen molar-refractivity contribution in [3.63, 3.8) is 0 Å². The van der Waals surface area contributed by atoms with Crippen molar-refractivity contribution >= 4 is 15.9 Å². The number of nitrogens with one attached hydrogen (secondary N) is 1. The first-order valence-electron chi connectivity index (χ1n) is 10.9. The number of amides is 1. The third-order valence-corrected chi connectivity index (χ3v) is 7.73. The summed E-state index contributed by atoms with van der Waals surface area (Å²) in [6.07, 6.45) is -3.30. The maximum absolute atomic E-state index is 13.3. The lowest BCUT2D eigenvalue weighted by Gasteiger charge is -2.23. The van der Waals surface area contributed by atoms with Crippen LogP contribution in [0.5, 0.6) is 0 Å². The zero-order chi connectivity index (χ0) is 26.8. The number of hydrogen-bond acceptors (Lipinski definition) is 6. The van der Waals surface area contributed by atoms with Crippen LogP contribution < -0.4 is 5.32 Å². The second kappa shape index (κ2) is 10.2. The highest BCUT2D eigenvalue weighted by Gasteiger charge is 2.44. The molecular formula is C24H19F4N5O3S. The fourth-order valence-corrected chi connectivity index (χ4v) is 5.57. The molecule has 192 valence electrons. The molecule has 3 aromatic rings. The molecule has 1 aromatic heterocycles. The van der Waals surface area contributed by atoms with Crippen LogP contribution in [0.1, 0.15) is 17.7 Å². The zero-order valence-electron chi connectivity index (χ0n) is 19.0. The van der Waals surface area contributed by atoms with Gasteiger partial charge in [-0.3, -0.25) is 4.79 Å². The summed E-state index contributed by atoms with van der Waals surface area (Å²) in [7, 11) is -4.18. The Morgan fingerprint density at radius 1 is 1.11 bits per heavy atom. The number of benzene rings is 2. The second-order valence-corrected chi connectivity index (χ2v) is 10.2. The minimum atomic E-state index is -4.47.